The van der Waals surface area contributed by atoms with Crippen LogP contribution >= 0.6 is 11.6 Å². The lowest BCUT2D eigenvalue weighted by Gasteiger charge is -2.22. The number of Topliss-reactive ketones (excluding diaryl/α,β-unsaturated/α-hetero) is 1. The van der Waals surface area contributed by atoms with Gasteiger partial charge in [-0.3, -0.25) is 4.79 Å². The number of benzene rings is 1. The molecule has 6 nitrogen and oxygen atoms in total. The second-order valence-electron chi connectivity index (χ2n) is 3.58. The van der Waals surface area contributed by atoms with Crippen LogP contribution in [0.25, 0.3) is 0 Å². The molecule has 0 saturated heterocycles. The van der Waals surface area contributed by atoms with E-state index in [0.717, 1.165) is 7.11 Å². The molecule has 1 N–H and O–H groups in total. The van der Waals surface area contributed by atoms with E-state index in [1.807, 2.05) is 4.72 Å². The summed E-state index contributed by atoms with van der Waals surface area (Å²) in [5.74, 6) is -1.65. The van der Waals surface area contributed by atoms with Crippen LogP contribution in [0, 0.1) is 0 Å². The number of hydrogen-bond donors (Lipinski definition) is 1. The van der Waals surface area contributed by atoms with Crippen molar-refractivity contribution >= 4 is 33.4 Å². The number of hydrogen-bond acceptors (Lipinski definition) is 5. The number of sulfonamides is 1. The smallest absolute Gasteiger partial charge is 0.332 e. The van der Waals surface area contributed by atoms with E-state index in [-0.39, 0.29) is 15.5 Å². The van der Waals surface area contributed by atoms with E-state index in [1.54, 1.807) is 0 Å². The van der Waals surface area contributed by atoms with Gasteiger partial charge in [0.1, 0.15) is 0 Å². The van der Waals surface area contributed by atoms with Gasteiger partial charge >= 0.3 is 5.97 Å². The summed E-state index contributed by atoms with van der Waals surface area (Å²) in [6, 6.07) is 2.22. The number of rotatable bonds is 1. The molecule has 1 heterocycles. The molecule has 1 aromatic carbocycles. The molecule has 96 valence electrons. The molecule has 18 heavy (non-hydrogen) atoms. The quantitative estimate of drug-likeness (QED) is 0.595. The first-order valence-corrected chi connectivity index (χ1v) is 6.67. The molecule has 1 aliphatic rings. The minimum atomic E-state index is -3.93. The zero-order valence-electron chi connectivity index (χ0n) is 9.14. The van der Waals surface area contributed by atoms with Crippen LogP contribution in [0.4, 0.5) is 0 Å². The first-order chi connectivity index (χ1) is 8.36. The fourth-order valence-corrected chi connectivity index (χ4v) is 3.14. The fourth-order valence-electron chi connectivity index (χ4n) is 1.63. The Hall–Kier alpha value is -1.44. The summed E-state index contributed by atoms with van der Waals surface area (Å²) >= 11 is 5.71. The third-order valence-corrected chi connectivity index (χ3v) is 4.18. The highest BCUT2D eigenvalue weighted by molar-refractivity contribution is 7.89. The first kappa shape index (κ1) is 13.0. The van der Waals surface area contributed by atoms with Gasteiger partial charge in [0, 0.05) is 10.6 Å². The molecule has 2 rings (SSSR count). The van der Waals surface area contributed by atoms with Crippen LogP contribution < -0.4 is 4.72 Å². The summed E-state index contributed by atoms with van der Waals surface area (Å²) in [5, 5.41) is 0.211. The predicted octanol–water partition coefficient (Wildman–Crippen LogP) is 0.356. The molecule has 0 saturated carbocycles. The molecule has 0 aliphatic carbocycles. The first-order valence-electron chi connectivity index (χ1n) is 4.81. The van der Waals surface area contributed by atoms with Gasteiger partial charge in [-0.2, -0.15) is 4.72 Å². The summed E-state index contributed by atoms with van der Waals surface area (Å²) < 4.78 is 30.0. The summed E-state index contributed by atoms with van der Waals surface area (Å²) in [6.07, 6.45) is 0. The highest BCUT2D eigenvalue weighted by Gasteiger charge is 2.40. The van der Waals surface area contributed by atoms with Gasteiger partial charge in [0.25, 0.3) is 0 Å². The van der Waals surface area contributed by atoms with Crippen LogP contribution in [-0.4, -0.2) is 33.3 Å². The number of carbonyl (C=O) groups excluding carboxylic acids is 2. The minimum Gasteiger partial charge on any atom is -0.467 e. The monoisotopic (exact) mass is 289 g/mol. The highest BCUT2D eigenvalue weighted by Crippen LogP contribution is 2.26. The Morgan fingerprint density at radius 1 is 1.44 bits per heavy atom. The van der Waals surface area contributed by atoms with Gasteiger partial charge in [-0.05, 0) is 18.2 Å². The molecule has 1 aliphatic heterocycles. The van der Waals surface area contributed by atoms with Crippen molar-refractivity contribution in [2.45, 2.75) is 10.9 Å². The molecular weight excluding hydrogens is 282 g/mol. The second-order valence-corrected chi connectivity index (χ2v) is 5.70. The topological polar surface area (TPSA) is 89.5 Å². The number of ether oxygens (including phenoxy) is 1. The Morgan fingerprint density at radius 2 is 2.11 bits per heavy atom. The SMILES string of the molecule is COC(=O)C1NS(=O)(=O)c2ccc(Cl)cc2C1=O. The largest absolute Gasteiger partial charge is 0.467 e. The second kappa shape index (κ2) is 4.34. The highest BCUT2D eigenvalue weighted by atomic mass is 35.5. The van der Waals surface area contributed by atoms with Crippen molar-refractivity contribution in [3.8, 4) is 0 Å². The normalized spacial score (nSPS) is 21.2. The predicted molar refractivity (Wildman–Crippen MR) is 61.9 cm³/mol. The van der Waals surface area contributed by atoms with Crippen molar-refractivity contribution in [2.24, 2.45) is 0 Å². The van der Waals surface area contributed by atoms with Crippen LogP contribution in [0.5, 0.6) is 0 Å². The Balaban J connectivity index is 2.63. The van der Waals surface area contributed by atoms with Crippen molar-refractivity contribution < 1.29 is 22.7 Å². The van der Waals surface area contributed by atoms with Crippen LogP contribution in [0.1, 0.15) is 10.4 Å². The van der Waals surface area contributed by atoms with Gasteiger partial charge in [-0.1, -0.05) is 11.6 Å². The average Bonchev–Trinajstić information content (AvgIpc) is 2.32. The molecule has 0 bridgehead atoms. The number of nitrogens with one attached hydrogen (secondary N) is 1. The molecule has 0 amide bonds. The molecule has 1 atom stereocenters. The lowest BCUT2D eigenvalue weighted by atomic mass is 10.0. The van der Waals surface area contributed by atoms with Crippen molar-refractivity contribution in [2.75, 3.05) is 7.11 Å². The lowest BCUT2D eigenvalue weighted by Crippen LogP contribution is -2.50. The maximum absolute atomic E-state index is 12.0. The van der Waals surface area contributed by atoms with E-state index in [4.69, 9.17) is 11.6 Å². The Labute approximate surface area is 108 Å². The summed E-state index contributed by atoms with van der Waals surface area (Å²) in [4.78, 5) is 23.1. The number of carbonyl (C=O) groups is 2. The summed E-state index contributed by atoms with van der Waals surface area (Å²) in [7, 11) is -2.86. The van der Waals surface area contributed by atoms with Crippen molar-refractivity contribution in [3.05, 3.63) is 28.8 Å². The number of fused-ring (bicyclic) bond motifs is 1. The maximum Gasteiger partial charge on any atom is 0.332 e. The molecule has 0 fully saturated rings. The van der Waals surface area contributed by atoms with E-state index >= 15 is 0 Å². The third-order valence-electron chi connectivity index (χ3n) is 2.47. The lowest BCUT2D eigenvalue weighted by molar-refractivity contribution is -0.141. The number of ketones is 1. The molecule has 0 radical (unpaired) electrons. The third kappa shape index (κ3) is 2.00. The zero-order valence-corrected chi connectivity index (χ0v) is 10.7. The maximum atomic E-state index is 12.0. The van der Waals surface area contributed by atoms with Gasteiger partial charge < -0.3 is 4.74 Å². The summed E-state index contributed by atoms with van der Waals surface area (Å²) in [6.45, 7) is 0. The molecule has 0 aromatic heterocycles. The van der Waals surface area contributed by atoms with Crippen LogP contribution in [0.3, 0.4) is 0 Å². The van der Waals surface area contributed by atoms with Crippen molar-refractivity contribution in [1.82, 2.24) is 4.72 Å². The van der Waals surface area contributed by atoms with E-state index < -0.39 is 27.8 Å². The number of methoxy groups -OCH3 is 1. The molecular formula is C10H8ClNO5S. The van der Waals surface area contributed by atoms with Crippen LogP contribution in [0.2, 0.25) is 5.02 Å². The van der Waals surface area contributed by atoms with Gasteiger partial charge in [-0.15, -0.1) is 0 Å². The fraction of sp³-hybridized carbons (Fsp3) is 0.200. The van der Waals surface area contributed by atoms with E-state index in [2.05, 4.69) is 4.74 Å². The molecule has 0 spiro atoms. The number of esters is 1. The van der Waals surface area contributed by atoms with Gasteiger partial charge in [-0.25, -0.2) is 13.2 Å². The van der Waals surface area contributed by atoms with Crippen LogP contribution in [0.15, 0.2) is 23.1 Å². The standard InChI is InChI=1S/C10H8ClNO5S/c1-17-10(14)8-9(13)6-4-5(11)2-3-7(6)18(15,16)12-8/h2-4,8,12H,1H3. The average molecular weight is 290 g/mol. The van der Waals surface area contributed by atoms with Gasteiger partial charge in [0.05, 0.1) is 12.0 Å². The van der Waals surface area contributed by atoms with Crippen molar-refractivity contribution in [1.29, 1.82) is 0 Å². The van der Waals surface area contributed by atoms with E-state index in [9.17, 15) is 18.0 Å². The Bertz CT molecular complexity index is 640. The Kier molecular flexibility index (Phi) is 3.14. The van der Waals surface area contributed by atoms with Crippen molar-refractivity contribution in [3.63, 3.8) is 0 Å². The minimum absolute atomic E-state index is 0.114. The Morgan fingerprint density at radius 3 is 2.72 bits per heavy atom. The zero-order chi connectivity index (χ0) is 13.5. The summed E-state index contributed by atoms with van der Waals surface area (Å²) in [5.41, 5.74) is -0.114. The molecule has 1 aromatic rings. The molecule has 8 heteroatoms. The molecule has 1 unspecified atom stereocenters. The van der Waals surface area contributed by atoms with Gasteiger partial charge in [0.15, 0.2) is 11.8 Å². The van der Waals surface area contributed by atoms with Gasteiger partial charge in [0.2, 0.25) is 10.0 Å². The van der Waals surface area contributed by atoms with E-state index in [0.29, 0.717) is 0 Å². The number of halogens is 1. The van der Waals surface area contributed by atoms with Crippen LogP contribution in [-0.2, 0) is 19.6 Å². The van der Waals surface area contributed by atoms with E-state index in [1.165, 1.54) is 18.2 Å².